The lowest BCUT2D eigenvalue weighted by Gasteiger charge is -1.96. The van der Waals surface area contributed by atoms with E-state index in [1.54, 1.807) is 11.3 Å². The van der Waals surface area contributed by atoms with Crippen molar-refractivity contribution in [3.05, 3.63) is 21.9 Å². The highest BCUT2D eigenvalue weighted by atomic mass is 32.1. The summed E-state index contributed by atoms with van der Waals surface area (Å²) in [5, 5.41) is 0. The lowest BCUT2D eigenvalue weighted by Crippen LogP contribution is -1.77. The number of aldehydes is 1. The first-order valence-electron chi connectivity index (χ1n) is 4.29. The molecule has 1 rings (SSSR count). The van der Waals surface area contributed by atoms with E-state index in [-0.39, 0.29) is 0 Å². The van der Waals surface area contributed by atoms with Gasteiger partial charge in [0, 0.05) is 4.88 Å². The Morgan fingerprint density at radius 2 is 1.92 bits per heavy atom. The van der Waals surface area contributed by atoms with Crippen LogP contribution in [0.25, 0.3) is 0 Å². The van der Waals surface area contributed by atoms with Crippen molar-refractivity contribution >= 4 is 17.6 Å². The first kappa shape index (κ1) is 11.4. The third-order valence-corrected chi connectivity index (χ3v) is 2.64. The molecule has 0 spiro atoms. The highest BCUT2D eigenvalue weighted by Crippen LogP contribution is 2.22. The maximum atomic E-state index is 10.3. The summed E-state index contributed by atoms with van der Waals surface area (Å²) in [6.45, 7) is 8.25. The Hall–Kier alpha value is -0.630. The molecule has 0 aliphatic rings. The van der Waals surface area contributed by atoms with Crippen molar-refractivity contribution in [3.63, 3.8) is 0 Å². The molecule has 0 aliphatic heterocycles. The molecule has 68 valence electrons. The van der Waals surface area contributed by atoms with Crippen molar-refractivity contribution in [2.24, 2.45) is 0 Å². The lowest BCUT2D eigenvalue weighted by molar-refractivity contribution is 0.112. The van der Waals surface area contributed by atoms with E-state index >= 15 is 0 Å². The van der Waals surface area contributed by atoms with E-state index in [1.807, 2.05) is 26.0 Å². The third kappa shape index (κ3) is 3.18. The van der Waals surface area contributed by atoms with Crippen LogP contribution in [-0.4, -0.2) is 6.29 Å². The number of carbonyl (C=O) groups excluding carboxylic acids is 1. The monoisotopic (exact) mass is 184 g/mol. The molecular weight excluding hydrogens is 168 g/mol. The number of rotatable bonds is 2. The number of thiophene rings is 1. The van der Waals surface area contributed by atoms with E-state index in [9.17, 15) is 4.79 Å². The van der Waals surface area contributed by atoms with Crippen molar-refractivity contribution in [2.45, 2.75) is 33.6 Å². The minimum Gasteiger partial charge on any atom is -0.297 e. The van der Waals surface area contributed by atoms with Gasteiger partial charge in [-0.3, -0.25) is 4.79 Å². The van der Waals surface area contributed by atoms with Gasteiger partial charge in [-0.05, 0) is 18.1 Å². The van der Waals surface area contributed by atoms with Crippen LogP contribution >= 0.6 is 11.3 Å². The molecule has 0 aromatic carbocycles. The molecule has 1 nitrogen and oxygen atoms in total. The second kappa shape index (κ2) is 5.95. The highest BCUT2D eigenvalue weighted by molar-refractivity contribution is 7.13. The molecule has 0 unspecified atom stereocenters. The van der Waals surface area contributed by atoms with Gasteiger partial charge in [0.05, 0.1) is 4.88 Å². The van der Waals surface area contributed by atoms with Crippen LogP contribution in [0.4, 0.5) is 0 Å². The summed E-state index contributed by atoms with van der Waals surface area (Å²) in [5.74, 6) is 0.540. The van der Waals surface area contributed by atoms with Gasteiger partial charge in [0.1, 0.15) is 0 Å². The minimum absolute atomic E-state index is 0.540. The quantitative estimate of drug-likeness (QED) is 0.640. The third-order valence-electron chi connectivity index (χ3n) is 1.33. The molecule has 0 N–H and O–H groups in total. The molecule has 0 atom stereocenters. The second-order valence-electron chi connectivity index (χ2n) is 2.51. The summed E-state index contributed by atoms with van der Waals surface area (Å²) in [5.41, 5.74) is 0. The van der Waals surface area contributed by atoms with Crippen LogP contribution in [0.5, 0.6) is 0 Å². The topological polar surface area (TPSA) is 17.1 Å². The molecule has 2 heteroatoms. The molecule has 0 radical (unpaired) electrons. The van der Waals surface area contributed by atoms with E-state index in [2.05, 4.69) is 13.8 Å². The maximum absolute atomic E-state index is 10.3. The van der Waals surface area contributed by atoms with E-state index in [4.69, 9.17) is 0 Å². The fourth-order valence-corrected chi connectivity index (χ4v) is 1.57. The normalized spacial score (nSPS) is 9.08. The summed E-state index contributed by atoms with van der Waals surface area (Å²) >= 11 is 1.57. The molecular formula is C10H16OS. The molecule has 1 aromatic rings. The maximum Gasteiger partial charge on any atom is 0.160 e. The van der Waals surface area contributed by atoms with Crippen LogP contribution in [0.2, 0.25) is 0 Å². The molecule has 12 heavy (non-hydrogen) atoms. The molecule has 0 fully saturated rings. The zero-order valence-electron chi connectivity index (χ0n) is 8.13. The number of carbonyl (C=O) groups is 1. The van der Waals surface area contributed by atoms with Crippen LogP contribution in [-0.2, 0) is 0 Å². The Balaban J connectivity index is 0.000000561. The largest absolute Gasteiger partial charge is 0.297 e. The van der Waals surface area contributed by atoms with Gasteiger partial charge < -0.3 is 0 Å². The Bertz CT molecular complexity index is 225. The fourth-order valence-electron chi connectivity index (χ4n) is 0.742. The van der Waals surface area contributed by atoms with E-state index in [1.165, 1.54) is 4.88 Å². The molecule has 0 bridgehead atoms. The van der Waals surface area contributed by atoms with Gasteiger partial charge in [0.15, 0.2) is 6.29 Å². The van der Waals surface area contributed by atoms with E-state index in [0.717, 1.165) is 11.2 Å². The molecule has 0 saturated carbocycles. The summed E-state index contributed by atoms with van der Waals surface area (Å²) in [6.07, 6.45) is 0.899. The minimum atomic E-state index is 0.540. The lowest BCUT2D eigenvalue weighted by atomic mass is 10.2. The Labute approximate surface area is 78.4 Å². The standard InChI is InChI=1S/C8H10OS.C2H6/c1-6(2)8-4-3-7(5-9)10-8;1-2/h3-6H,1-2H3;1-2H3. The van der Waals surface area contributed by atoms with E-state index in [0.29, 0.717) is 5.92 Å². The van der Waals surface area contributed by atoms with Gasteiger partial charge in [-0.25, -0.2) is 0 Å². The van der Waals surface area contributed by atoms with Crippen molar-refractivity contribution < 1.29 is 4.79 Å². The molecule has 1 heterocycles. The first-order valence-corrected chi connectivity index (χ1v) is 5.10. The smallest absolute Gasteiger partial charge is 0.160 e. The van der Waals surface area contributed by atoms with Crippen LogP contribution in [0.1, 0.15) is 48.2 Å². The van der Waals surface area contributed by atoms with Gasteiger partial charge in [-0.15, -0.1) is 11.3 Å². The average molecular weight is 184 g/mol. The van der Waals surface area contributed by atoms with Gasteiger partial charge in [-0.2, -0.15) is 0 Å². The van der Waals surface area contributed by atoms with Crippen molar-refractivity contribution in [1.82, 2.24) is 0 Å². The summed E-state index contributed by atoms with van der Waals surface area (Å²) in [4.78, 5) is 12.4. The van der Waals surface area contributed by atoms with Crippen molar-refractivity contribution in [3.8, 4) is 0 Å². The summed E-state index contributed by atoms with van der Waals surface area (Å²) < 4.78 is 0. The zero-order chi connectivity index (χ0) is 9.56. The Morgan fingerprint density at radius 1 is 1.33 bits per heavy atom. The Kier molecular flexibility index (Phi) is 5.64. The fraction of sp³-hybridized carbons (Fsp3) is 0.500. The van der Waals surface area contributed by atoms with Crippen molar-refractivity contribution in [2.75, 3.05) is 0 Å². The van der Waals surface area contributed by atoms with E-state index < -0.39 is 0 Å². The molecule has 0 saturated heterocycles. The number of hydrogen-bond acceptors (Lipinski definition) is 2. The number of hydrogen-bond donors (Lipinski definition) is 0. The SMILES string of the molecule is CC.CC(C)c1ccc(C=O)s1. The predicted octanol–water partition coefficient (Wildman–Crippen LogP) is 3.71. The molecule has 1 aromatic heterocycles. The van der Waals surface area contributed by atoms with Crippen LogP contribution in [0.3, 0.4) is 0 Å². The van der Waals surface area contributed by atoms with Gasteiger partial charge in [0.2, 0.25) is 0 Å². The predicted molar refractivity (Wildman–Crippen MR) is 55.1 cm³/mol. The summed E-state index contributed by atoms with van der Waals surface area (Å²) in [7, 11) is 0. The van der Waals surface area contributed by atoms with Crippen LogP contribution in [0, 0.1) is 0 Å². The second-order valence-corrected chi connectivity index (χ2v) is 3.66. The van der Waals surface area contributed by atoms with Crippen LogP contribution < -0.4 is 0 Å². The highest BCUT2D eigenvalue weighted by Gasteiger charge is 2.01. The Morgan fingerprint density at radius 3 is 2.17 bits per heavy atom. The van der Waals surface area contributed by atoms with Gasteiger partial charge >= 0.3 is 0 Å². The van der Waals surface area contributed by atoms with Gasteiger partial charge in [-0.1, -0.05) is 27.7 Å². The molecule has 0 aliphatic carbocycles. The summed E-state index contributed by atoms with van der Waals surface area (Å²) in [6, 6.07) is 3.88. The van der Waals surface area contributed by atoms with Crippen molar-refractivity contribution in [1.29, 1.82) is 0 Å². The zero-order valence-corrected chi connectivity index (χ0v) is 8.94. The molecule has 0 amide bonds. The van der Waals surface area contributed by atoms with Gasteiger partial charge in [0.25, 0.3) is 0 Å². The average Bonchev–Trinajstić information content (AvgIpc) is 2.55. The first-order chi connectivity index (χ1) is 5.74. The van der Waals surface area contributed by atoms with Crippen LogP contribution in [0.15, 0.2) is 12.1 Å².